The van der Waals surface area contributed by atoms with Gasteiger partial charge in [-0.05, 0) is 25.7 Å². The lowest BCUT2D eigenvalue weighted by molar-refractivity contribution is -0.151. The molecule has 0 fully saturated rings. The Morgan fingerprint density at radius 3 is 1.32 bits per heavy atom. The van der Waals surface area contributed by atoms with E-state index >= 15 is 0 Å². The molecule has 0 radical (unpaired) electrons. The normalized spacial score (nSPS) is 10.8. The van der Waals surface area contributed by atoms with E-state index in [2.05, 4.69) is 0 Å². The van der Waals surface area contributed by atoms with Crippen molar-refractivity contribution < 1.29 is 19.1 Å². The minimum atomic E-state index is -0.142. The van der Waals surface area contributed by atoms with Gasteiger partial charge < -0.3 is 9.47 Å². The minimum absolute atomic E-state index is 0.00730. The van der Waals surface area contributed by atoms with E-state index in [0.717, 1.165) is 25.7 Å². The lowest BCUT2D eigenvalue weighted by Gasteiger charge is -2.13. The van der Waals surface area contributed by atoms with Gasteiger partial charge in [0.2, 0.25) is 0 Å². The molecule has 0 bridgehead atoms. The van der Waals surface area contributed by atoms with Crippen LogP contribution in [0.2, 0.25) is 0 Å². The van der Waals surface area contributed by atoms with Crippen LogP contribution in [0.25, 0.3) is 0 Å². The highest BCUT2D eigenvalue weighted by Gasteiger charge is 2.16. The van der Waals surface area contributed by atoms with Gasteiger partial charge >= 0.3 is 11.9 Å². The molecule has 0 saturated carbocycles. The van der Waals surface area contributed by atoms with Gasteiger partial charge in [0.25, 0.3) is 0 Å². The van der Waals surface area contributed by atoms with Gasteiger partial charge in [-0.25, -0.2) is 0 Å². The summed E-state index contributed by atoms with van der Waals surface area (Å²) in [6.07, 6.45) is 3.79. The number of carbonyl (C=O) groups excluding carboxylic acids is 2. The first-order valence-corrected chi connectivity index (χ1v) is 7.43. The number of hydrogen-bond donors (Lipinski definition) is 0. The summed E-state index contributed by atoms with van der Waals surface area (Å²) in [5.74, 6) is -0.299. The third-order valence-corrected chi connectivity index (χ3v) is 3.42. The highest BCUT2D eigenvalue weighted by molar-refractivity contribution is 5.72. The van der Waals surface area contributed by atoms with E-state index in [4.69, 9.17) is 9.47 Å². The van der Waals surface area contributed by atoms with Crippen molar-refractivity contribution in [2.75, 3.05) is 13.2 Å². The topological polar surface area (TPSA) is 52.6 Å². The van der Waals surface area contributed by atoms with Crippen molar-refractivity contribution in [2.24, 2.45) is 11.8 Å². The van der Waals surface area contributed by atoms with Crippen LogP contribution in [0.1, 0.15) is 59.8 Å². The van der Waals surface area contributed by atoms with Gasteiger partial charge in [0.1, 0.15) is 0 Å². The fourth-order valence-corrected chi connectivity index (χ4v) is 1.88. The number of rotatable bonds is 10. The van der Waals surface area contributed by atoms with Gasteiger partial charge in [-0.2, -0.15) is 0 Å². The van der Waals surface area contributed by atoms with Crippen LogP contribution in [0.5, 0.6) is 0 Å². The predicted octanol–water partition coefficient (Wildman–Crippen LogP) is 3.34. The number of ether oxygens (including phenoxy) is 2. The quantitative estimate of drug-likeness (QED) is 0.452. The molecule has 4 heteroatoms. The maximum absolute atomic E-state index is 11.6. The Labute approximate surface area is 116 Å². The molecule has 0 atom stereocenters. The lowest BCUT2D eigenvalue weighted by atomic mass is 10.0. The number of esters is 2. The molecule has 4 nitrogen and oxygen atoms in total. The maximum atomic E-state index is 11.6. The van der Waals surface area contributed by atoms with Crippen molar-refractivity contribution in [1.82, 2.24) is 0 Å². The molecule has 0 N–H and O–H groups in total. The Morgan fingerprint density at radius 1 is 0.737 bits per heavy atom. The molecule has 0 aromatic heterocycles. The van der Waals surface area contributed by atoms with Crippen LogP contribution < -0.4 is 0 Å². The van der Waals surface area contributed by atoms with E-state index in [9.17, 15) is 9.59 Å². The second-order valence-electron chi connectivity index (χ2n) is 4.72. The molecule has 0 aliphatic heterocycles. The van der Waals surface area contributed by atoms with E-state index in [0.29, 0.717) is 19.6 Å². The SMILES string of the molecule is CCC(CC)C(=O)OCCCOC(=O)C(CC)CC. The zero-order valence-corrected chi connectivity index (χ0v) is 12.7. The summed E-state index contributed by atoms with van der Waals surface area (Å²) < 4.78 is 10.3. The van der Waals surface area contributed by atoms with Crippen LogP contribution in [0, 0.1) is 11.8 Å². The molecular weight excluding hydrogens is 244 g/mol. The Morgan fingerprint density at radius 2 is 1.05 bits per heavy atom. The second kappa shape index (κ2) is 10.8. The summed E-state index contributed by atoms with van der Waals surface area (Å²) in [7, 11) is 0. The van der Waals surface area contributed by atoms with Crippen molar-refractivity contribution in [3.63, 3.8) is 0 Å². The molecule has 0 aliphatic rings. The molecule has 112 valence electrons. The van der Waals surface area contributed by atoms with E-state index in [1.54, 1.807) is 0 Å². The highest BCUT2D eigenvalue weighted by atomic mass is 16.5. The van der Waals surface area contributed by atoms with Gasteiger partial charge in [-0.1, -0.05) is 27.7 Å². The predicted molar refractivity (Wildman–Crippen MR) is 74.7 cm³/mol. The van der Waals surface area contributed by atoms with E-state index < -0.39 is 0 Å². The summed E-state index contributed by atoms with van der Waals surface area (Å²) >= 11 is 0. The molecule has 0 unspecified atom stereocenters. The first-order valence-electron chi connectivity index (χ1n) is 7.43. The summed E-state index contributed by atoms with van der Waals surface area (Å²) in [5, 5.41) is 0. The lowest BCUT2D eigenvalue weighted by Crippen LogP contribution is -2.19. The van der Waals surface area contributed by atoms with Crippen LogP contribution in [0.15, 0.2) is 0 Å². The van der Waals surface area contributed by atoms with Gasteiger partial charge in [-0.3, -0.25) is 9.59 Å². The van der Waals surface area contributed by atoms with Gasteiger partial charge in [0.05, 0.1) is 25.0 Å². The third kappa shape index (κ3) is 7.19. The van der Waals surface area contributed by atoms with Crippen LogP contribution in [0.4, 0.5) is 0 Å². The van der Waals surface area contributed by atoms with Crippen LogP contribution >= 0.6 is 0 Å². The fourth-order valence-electron chi connectivity index (χ4n) is 1.88. The van der Waals surface area contributed by atoms with Crippen molar-refractivity contribution in [2.45, 2.75) is 59.8 Å². The maximum Gasteiger partial charge on any atom is 0.308 e. The largest absolute Gasteiger partial charge is 0.465 e. The van der Waals surface area contributed by atoms with Gasteiger partial charge in [-0.15, -0.1) is 0 Å². The van der Waals surface area contributed by atoms with Crippen LogP contribution in [0.3, 0.4) is 0 Å². The average Bonchev–Trinajstić information content (AvgIpc) is 2.41. The molecule has 0 aromatic carbocycles. The molecule has 0 amide bonds. The first-order chi connectivity index (χ1) is 9.10. The van der Waals surface area contributed by atoms with Crippen molar-refractivity contribution in [3.05, 3.63) is 0 Å². The second-order valence-corrected chi connectivity index (χ2v) is 4.72. The van der Waals surface area contributed by atoms with Crippen LogP contribution in [-0.2, 0) is 19.1 Å². The number of carbonyl (C=O) groups is 2. The van der Waals surface area contributed by atoms with Crippen LogP contribution in [-0.4, -0.2) is 25.2 Å². The Kier molecular flexibility index (Phi) is 10.2. The van der Waals surface area contributed by atoms with E-state index in [1.165, 1.54) is 0 Å². The van der Waals surface area contributed by atoms with E-state index in [-0.39, 0.29) is 23.8 Å². The third-order valence-electron chi connectivity index (χ3n) is 3.42. The molecule has 0 heterocycles. The first kappa shape index (κ1) is 17.9. The summed E-state index contributed by atoms with van der Waals surface area (Å²) in [6.45, 7) is 8.57. The van der Waals surface area contributed by atoms with Crippen molar-refractivity contribution in [3.8, 4) is 0 Å². The smallest absolute Gasteiger partial charge is 0.308 e. The fraction of sp³-hybridized carbons (Fsp3) is 0.867. The Bertz CT molecular complexity index is 229. The highest BCUT2D eigenvalue weighted by Crippen LogP contribution is 2.11. The molecule has 0 aromatic rings. The summed E-state index contributed by atoms with van der Waals surface area (Å²) in [4.78, 5) is 23.1. The van der Waals surface area contributed by atoms with E-state index in [1.807, 2.05) is 27.7 Å². The van der Waals surface area contributed by atoms with Gasteiger partial charge in [0, 0.05) is 6.42 Å². The van der Waals surface area contributed by atoms with Crippen molar-refractivity contribution >= 4 is 11.9 Å². The summed E-state index contributed by atoms with van der Waals surface area (Å²) in [6, 6.07) is 0. The summed E-state index contributed by atoms with van der Waals surface area (Å²) in [5.41, 5.74) is 0. The minimum Gasteiger partial charge on any atom is -0.465 e. The Hall–Kier alpha value is -1.06. The molecule has 0 aliphatic carbocycles. The van der Waals surface area contributed by atoms with Crippen molar-refractivity contribution in [1.29, 1.82) is 0 Å². The molecule has 0 spiro atoms. The molecule has 0 saturated heterocycles. The monoisotopic (exact) mass is 272 g/mol. The number of hydrogen-bond acceptors (Lipinski definition) is 4. The molecule has 0 rings (SSSR count). The standard InChI is InChI=1S/C15H28O4/c1-5-12(6-2)14(16)18-10-9-11-19-15(17)13(7-3)8-4/h12-13H,5-11H2,1-4H3. The average molecular weight is 272 g/mol. The molecular formula is C15H28O4. The van der Waals surface area contributed by atoms with Gasteiger partial charge in [0.15, 0.2) is 0 Å². The zero-order valence-electron chi connectivity index (χ0n) is 12.7. The Balaban J connectivity index is 3.70. The molecule has 19 heavy (non-hydrogen) atoms. The zero-order chi connectivity index (χ0) is 14.7.